The van der Waals surface area contributed by atoms with Gasteiger partial charge in [0.05, 0.1) is 23.8 Å². The Kier molecular flexibility index (Phi) is 7.60. The number of rotatable bonds is 7. The summed E-state index contributed by atoms with van der Waals surface area (Å²) in [6.07, 6.45) is 0. The van der Waals surface area contributed by atoms with E-state index in [9.17, 15) is 19.1 Å². The molecule has 31 heavy (non-hydrogen) atoms. The third-order valence-electron chi connectivity index (χ3n) is 4.56. The van der Waals surface area contributed by atoms with Crippen molar-refractivity contribution in [2.75, 3.05) is 11.9 Å². The maximum atomic E-state index is 13.6. The lowest BCUT2D eigenvalue weighted by atomic mass is 9.96. The van der Waals surface area contributed by atoms with E-state index in [1.54, 1.807) is 19.2 Å². The molecule has 2 heterocycles. The molecule has 0 saturated carbocycles. The topological polar surface area (TPSA) is 101 Å². The van der Waals surface area contributed by atoms with Crippen molar-refractivity contribution in [3.05, 3.63) is 61.4 Å². The number of alkyl halides is 1. The Morgan fingerprint density at radius 3 is 2.77 bits per heavy atom. The molecule has 0 bridgehead atoms. The van der Waals surface area contributed by atoms with E-state index in [4.69, 9.17) is 4.74 Å². The zero-order valence-corrected chi connectivity index (χ0v) is 20.5. The summed E-state index contributed by atoms with van der Waals surface area (Å²) in [5.74, 6) is -2.14. The highest BCUT2D eigenvalue weighted by atomic mass is 79.9. The van der Waals surface area contributed by atoms with E-state index in [0.29, 0.717) is 32.3 Å². The van der Waals surface area contributed by atoms with Crippen molar-refractivity contribution < 1.29 is 23.8 Å². The molecule has 0 amide bonds. The van der Waals surface area contributed by atoms with Gasteiger partial charge in [-0.15, -0.1) is 11.3 Å². The van der Waals surface area contributed by atoms with Gasteiger partial charge in [0.2, 0.25) is 0 Å². The number of aliphatic carboxylic acids is 1. The van der Waals surface area contributed by atoms with E-state index < -0.39 is 23.7 Å². The SMILES string of the molecule is CCOC(=O)C(C)c1csc(C2=NC(c3ccc(F)cc3Br)C(C(=O)O)=C(CBr)N2)n1. The number of allylic oxidation sites excluding steroid dienone is 1. The van der Waals surface area contributed by atoms with Gasteiger partial charge < -0.3 is 15.2 Å². The molecule has 1 aliphatic heterocycles. The van der Waals surface area contributed by atoms with E-state index >= 15 is 0 Å². The van der Waals surface area contributed by atoms with Crippen LogP contribution in [0.4, 0.5) is 4.39 Å². The molecular weight excluding hydrogens is 557 g/mol. The van der Waals surface area contributed by atoms with Gasteiger partial charge in [-0.1, -0.05) is 37.9 Å². The molecule has 0 spiro atoms. The summed E-state index contributed by atoms with van der Waals surface area (Å²) in [6.45, 7) is 3.72. The number of carbonyl (C=O) groups is 2. The normalized spacial score (nSPS) is 17.1. The monoisotopic (exact) mass is 573 g/mol. The smallest absolute Gasteiger partial charge is 0.335 e. The van der Waals surface area contributed by atoms with Crippen LogP contribution >= 0.6 is 43.2 Å². The number of amidine groups is 1. The van der Waals surface area contributed by atoms with Crippen LogP contribution < -0.4 is 5.32 Å². The van der Waals surface area contributed by atoms with Crippen LogP contribution in [0.3, 0.4) is 0 Å². The van der Waals surface area contributed by atoms with E-state index in [1.165, 1.54) is 29.5 Å². The fourth-order valence-electron chi connectivity index (χ4n) is 2.99. The highest BCUT2D eigenvalue weighted by Crippen LogP contribution is 2.36. The fraction of sp³-hybridized carbons (Fsp3) is 0.300. The van der Waals surface area contributed by atoms with Crippen LogP contribution in [0.5, 0.6) is 0 Å². The number of carboxylic acid groups (broad SMARTS) is 1. The number of hydrogen-bond donors (Lipinski definition) is 2. The number of aromatic nitrogens is 1. The molecule has 0 fully saturated rings. The zero-order valence-electron chi connectivity index (χ0n) is 16.5. The van der Waals surface area contributed by atoms with Gasteiger partial charge in [-0.3, -0.25) is 9.79 Å². The van der Waals surface area contributed by atoms with Crippen molar-refractivity contribution >= 4 is 61.0 Å². The molecular formula is C20H18Br2FN3O4S. The van der Waals surface area contributed by atoms with Gasteiger partial charge in [-0.05, 0) is 31.5 Å². The Morgan fingerprint density at radius 1 is 1.42 bits per heavy atom. The van der Waals surface area contributed by atoms with Crippen LogP contribution in [0.25, 0.3) is 0 Å². The number of esters is 1. The van der Waals surface area contributed by atoms with Crippen LogP contribution in [0.15, 0.2) is 44.3 Å². The Morgan fingerprint density at radius 2 is 2.16 bits per heavy atom. The Labute approximate surface area is 198 Å². The summed E-state index contributed by atoms with van der Waals surface area (Å²) in [5, 5.41) is 15.3. The lowest BCUT2D eigenvalue weighted by Gasteiger charge is -2.25. The first-order chi connectivity index (χ1) is 14.8. The number of ether oxygens (including phenoxy) is 1. The molecule has 0 saturated heterocycles. The minimum absolute atomic E-state index is 0.0459. The van der Waals surface area contributed by atoms with Gasteiger partial charge in [0.25, 0.3) is 0 Å². The van der Waals surface area contributed by atoms with Gasteiger partial charge >= 0.3 is 11.9 Å². The Bertz CT molecular complexity index is 1090. The van der Waals surface area contributed by atoms with Crippen LogP contribution in [-0.2, 0) is 14.3 Å². The molecule has 0 radical (unpaired) electrons. The van der Waals surface area contributed by atoms with Crippen LogP contribution in [0.2, 0.25) is 0 Å². The molecule has 11 heteroatoms. The van der Waals surface area contributed by atoms with Crippen LogP contribution in [-0.4, -0.2) is 39.8 Å². The lowest BCUT2D eigenvalue weighted by Crippen LogP contribution is -2.34. The van der Waals surface area contributed by atoms with E-state index in [2.05, 4.69) is 47.2 Å². The van der Waals surface area contributed by atoms with Gasteiger partial charge in [-0.2, -0.15) is 0 Å². The number of carboxylic acids is 1. The number of thiazole rings is 1. The van der Waals surface area contributed by atoms with Crippen molar-refractivity contribution in [1.82, 2.24) is 10.3 Å². The molecule has 2 atom stereocenters. The lowest BCUT2D eigenvalue weighted by molar-refractivity contribution is -0.144. The minimum atomic E-state index is -1.14. The summed E-state index contributed by atoms with van der Waals surface area (Å²) in [7, 11) is 0. The van der Waals surface area contributed by atoms with Gasteiger partial charge in [0.15, 0.2) is 10.8 Å². The summed E-state index contributed by atoms with van der Waals surface area (Å²) in [6, 6.07) is 3.14. The third-order valence-corrected chi connectivity index (χ3v) is 6.67. The molecule has 164 valence electrons. The molecule has 1 aromatic heterocycles. The van der Waals surface area contributed by atoms with Gasteiger partial charge in [0.1, 0.15) is 11.9 Å². The van der Waals surface area contributed by atoms with E-state index in [1.807, 2.05) is 0 Å². The maximum absolute atomic E-state index is 13.6. The van der Waals surface area contributed by atoms with Crippen LogP contribution in [0.1, 0.15) is 42.1 Å². The number of halogens is 3. The molecule has 0 aliphatic carbocycles. The first-order valence-corrected chi connectivity index (χ1v) is 12.0. The number of aliphatic imine (C=N–C) groups is 1. The number of benzene rings is 1. The predicted octanol–water partition coefficient (Wildman–Crippen LogP) is 4.54. The molecule has 7 nitrogen and oxygen atoms in total. The van der Waals surface area contributed by atoms with Crippen molar-refractivity contribution in [3.8, 4) is 0 Å². The molecule has 3 rings (SSSR count). The third kappa shape index (κ3) is 5.04. The highest BCUT2D eigenvalue weighted by Gasteiger charge is 2.33. The van der Waals surface area contributed by atoms with Crippen LogP contribution in [0, 0.1) is 5.82 Å². The number of carbonyl (C=O) groups excluding carboxylic acids is 1. The van der Waals surface area contributed by atoms with Crippen molar-refractivity contribution in [2.24, 2.45) is 4.99 Å². The Balaban J connectivity index is 2.04. The average Bonchev–Trinajstić information content (AvgIpc) is 3.22. The maximum Gasteiger partial charge on any atom is 0.335 e. The molecule has 2 unspecified atom stereocenters. The second-order valence-corrected chi connectivity index (χ2v) is 8.83. The largest absolute Gasteiger partial charge is 0.478 e. The molecule has 2 N–H and O–H groups in total. The predicted molar refractivity (Wildman–Crippen MR) is 122 cm³/mol. The number of nitrogens with zero attached hydrogens (tertiary/aromatic N) is 2. The number of nitrogens with one attached hydrogen (secondary N) is 1. The summed E-state index contributed by atoms with van der Waals surface area (Å²) >= 11 is 7.91. The fourth-order valence-corrected chi connectivity index (χ4v) is 4.86. The van der Waals surface area contributed by atoms with E-state index in [0.717, 1.165) is 0 Å². The molecule has 1 aromatic carbocycles. The summed E-state index contributed by atoms with van der Waals surface area (Å²) in [4.78, 5) is 33.1. The number of hydrogen-bond acceptors (Lipinski definition) is 7. The van der Waals surface area contributed by atoms with E-state index in [-0.39, 0.29) is 23.5 Å². The minimum Gasteiger partial charge on any atom is -0.478 e. The highest BCUT2D eigenvalue weighted by molar-refractivity contribution is 9.10. The average molecular weight is 575 g/mol. The Hall–Kier alpha value is -2.11. The van der Waals surface area contributed by atoms with Gasteiger partial charge in [0, 0.05) is 20.9 Å². The first-order valence-electron chi connectivity index (χ1n) is 9.21. The van der Waals surface area contributed by atoms with Crippen molar-refractivity contribution in [3.63, 3.8) is 0 Å². The second kappa shape index (κ2) is 10.0. The molecule has 2 aromatic rings. The standard InChI is InChI=1S/C20H18Br2FN3O4S/c1-3-30-20(29)9(2)14-8-31-18(25-14)17-24-13(7-21)15(19(27)28)16(26-17)11-5-4-10(23)6-12(11)22/h4-6,8-9,16H,3,7H2,1-2H3,(H,24,26)(H,27,28). The second-order valence-electron chi connectivity index (χ2n) is 6.55. The summed E-state index contributed by atoms with van der Waals surface area (Å²) < 4.78 is 19.1. The summed E-state index contributed by atoms with van der Waals surface area (Å²) in [5.41, 5.74) is 1.50. The molecule has 1 aliphatic rings. The van der Waals surface area contributed by atoms with Gasteiger partial charge in [-0.25, -0.2) is 14.2 Å². The quantitative estimate of drug-likeness (QED) is 0.372. The first kappa shape index (κ1) is 23.6. The van der Waals surface area contributed by atoms with Crippen molar-refractivity contribution in [2.45, 2.75) is 25.8 Å². The van der Waals surface area contributed by atoms with Crippen molar-refractivity contribution in [1.29, 1.82) is 0 Å². The zero-order chi connectivity index (χ0) is 22.7.